The number of rotatable bonds is 4. The number of hydrogen-bond donors (Lipinski definition) is 1. The maximum absolute atomic E-state index is 12.3. The minimum absolute atomic E-state index is 0.196. The molecule has 1 N–H and O–H groups in total. The summed E-state index contributed by atoms with van der Waals surface area (Å²) in [5.74, 6) is 1.28. The van der Waals surface area contributed by atoms with Gasteiger partial charge in [0.1, 0.15) is 17.8 Å². The molecule has 1 aromatic carbocycles. The van der Waals surface area contributed by atoms with Crippen LogP contribution >= 0.6 is 11.6 Å². The van der Waals surface area contributed by atoms with Crippen molar-refractivity contribution < 1.29 is 4.79 Å². The Balaban J connectivity index is 1.64. The number of carbonyl (C=O) groups excluding carboxylic acids is 1. The minimum atomic E-state index is -0.196. The number of carbonyl (C=O) groups is 1. The third-order valence-electron chi connectivity index (χ3n) is 4.23. The lowest BCUT2D eigenvalue weighted by Gasteiger charge is -2.31. The zero-order valence-corrected chi connectivity index (χ0v) is 14.5. The van der Waals surface area contributed by atoms with Gasteiger partial charge in [0.05, 0.1) is 0 Å². The second-order valence-electron chi connectivity index (χ2n) is 6.26. The number of amides is 1. The molecule has 0 radical (unpaired) electrons. The third-order valence-corrected chi connectivity index (χ3v) is 4.48. The van der Waals surface area contributed by atoms with Crippen molar-refractivity contribution in [2.75, 3.05) is 18.0 Å². The van der Waals surface area contributed by atoms with Crippen molar-refractivity contribution in [1.82, 2.24) is 15.3 Å². The van der Waals surface area contributed by atoms with E-state index in [-0.39, 0.29) is 5.91 Å². The number of aromatic nitrogens is 2. The molecule has 5 nitrogen and oxygen atoms in total. The maximum Gasteiger partial charge on any atom is 0.270 e. The highest BCUT2D eigenvalue weighted by molar-refractivity contribution is 6.30. The van der Waals surface area contributed by atoms with Crippen molar-refractivity contribution in [3.8, 4) is 0 Å². The smallest absolute Gasteiger partial charge is 0.270 e. The number of benzene rings is 1. The second kappa shape index (κ2) is 7.62. The van der Waals surface area contributed by atoms with Gasteiger partial charge in [0.2, 0.25) is 0 Å². The second-order valence-corrected chi connectivity index (χ2v) is 6.70. The first-order valence-electron chi connectivity index (χ1n) is 8.21. The molecular formula is C18H21ClN4O. The number of hydrogen-bond acceptors (Lipinski definition) is 4. The van der Waals surface area contributed by atoms with Crippen molar-refractivity contribution in [3.63, 3.8) is 0 Å². The number of nitrogens with one attached hydrogen (secondary N) is 1. The van der Waals surface area contributed by atoms with E-state index < -0.39 is 0 Å². The van der Waals surface area contributed by atoms with Gasteiger partial charge in [-0.05, 0) is 36.5 Å². The lowest BCUT2D eigenvalue weighted by molar-refractivity contribution is 0.0945. The molecule has 6 heteroatoms. The Morgan fingerprint density at radius 3 is 2.88 bits per heavy atom. The predicted octanol–water partition coefficient (Wildman–Crippen LogP) is 3.30. The van der Waals surface area contributed by atoms with Crippen molar-refractivity contribution in [3.05, 3.63) is 52.9 Å². The van der Waals surface area contributed by atoms with Crippen molar-refractivity contribution in [2.24, 2.45) is 5.92 Å². The van der Waals surface area contributed by atoms with Gasteiger partial charge < -0.3 is 10.2 Å². The molecule has 24 heavy (non-hydrogen) atoms. The lowest BCUT2D eigenvalue weighted by atomic mass is 10.0. The van der Waals surface area contributed by atoms with Crippen LogP contribution in [0, 0.1) is 5.92 Å². The van der Waals surface area contributed by atoms with Gasteiger partial charge in [-0.2, -0.15) is 0 Å². The third kappa shape index (κ3) is 4.23. The average molecular weight is 345 g/mol. The first kappa shape index (κ1) is 16.7. The summed E-state index contributed by atoms with van der Waals surface area (Å²) < 4.78 is 0. The molecule has 1 aliphatic heterocycles. The standard InChI is InChI=1S/C18H21ClN4O/c1-13-3-2-8-23(11-13)17-9-16(21-12-22-17)18(24)20-10-14-4-6-15(19)7-5-14/h4-7,9,12-13H,2-3,8,10-11H2,1H3,(H,20,24). The van der Waals surface area contributed by atoms with E-state index >= 15 is 0 Å². The molecule has 0 saturated carbocycles. The highest BCUT2D eigenvalue weighted by Crippen LogP contribution is 2.21. The molecule has 1 amide bonds. The van der Waals surface area contributed by atoms with E-state index in [9.17, 15) is 4.79 Å². The summed E-state index contributed by atoms with van der Waals surface area (Å²) in [4.78, 5) is 23.0. The van der Waals surface area contributed by atoms with Gasteiger partial charge in [-0.15, -0.1) is 0 Å². The van der Waals surface area contributed by atoms with Crippen LogP contribution in [0.1, 0.15) is 35.8 Å². The number of nitrogens with zero attached hydrogens (tertiary/aromatic N) is 3. The van der Waals surface area contributed by atoms with Crippen molar-refractivity contribution in [2.45, 2.75) is 26.3 Å². The van der Waals surface area contributed by atoms with E-state index in [1.54, 1.807) is 6.07 Å². The molecule has 3 rings (SSSR count). The molecule has 1 unspecified atom stereocenters. The average Bonchev–Trinajstić information content (AvgIpc) is 2.61. The fourth-order valence-corrected chi connectivity index (χ4v) is 3.04. The van der Waals surface area contributed by atoms with Crippen LogP contribution in [0.4, 0.5) is 5.82 Å². The lowest BCUT2D eigenvalue weighted by Crippen LogP contribution is -2.35. The summed E-state index contributed by atoms with van der Waals surface area (Å²) in [5, 5.41) is 3.56. The Kier molecular flexibility index (Phi) is 5.30. The number of halogens is 1. The van der Waals surface area contributed by atoms with Crippen LogP contribution in [0.25, 0.3) is 0 Å². The minimum Gasteiger partial charge on any atom is -0.356 e. The molecule has 1 aromatic heterocycles. The fraction of sp³-hybridized carbons (Fsp3) is 0.389. The molecule has 2 heterocycles. The Morgan fingerprint density at radius 1 is 1.33 bits per heavy atom. The molecule has 1 saturated heterocycles. The van der Waals surface area contributed by atoms with Gasteiger partial charge >= 0.3 is 0 Å². The molecule has 1 atom stereocenters. The summed E-state index contributed by atoms with van der Waals surface area (Å²) in [6.45, 7) is 4.64. The van der Waals surface area contributed by atoms with Crippen LogP contribution in [0.5, 0.6) is 0 Å². The van der Waals surface area contributed by atoms with Crippen molar-refractivity contribution >= 4 is 23.3 Å². The van der Waals surface area contributed by atoms with E-state index in [1.165, 1.54) is 12.7 Å². The monoisotopic (exact) mass is 344 g/mol. The molecule has 0 spiro atoms. The highest BCUT2D eigenvalue weighted by atomic mass is 35.5. The summed E-state index contributed by atoms with van der Waals surface area (Å²) in [6, 6.07) is 9.17. The van der Waals surface area contributed by atoms with Crippen LogP contribution in [-0.2, 0) is 6.54 Å². The Hall–Kier alpha value is -2.14. The number of anilines is 1. The van der Waals surface area contributed by atoms with E-state index in [2.05, 4.69) is 27.1 Å². The zero-order valence-electron chi connectivity index (χ0n) is 13.7. The van der Waals surface area contributed by atoms with Crippen molar-refractivity contribution in [1.29, 1.82) is 0 Å². The topological polar surface area (TPSA) is 58.1 Å². The molecule has 1 fully saturated rings. The summed E-state index contributed by atoms with van der Waals surface area (Å²) in [6.07, 6.45) is 3.87. The van der Waals surface area contributed by atoms with Crippen LogP contribution in [-0.4, -0.2) is 29.0 Å². The van der Waals surface area contributed by atoms with Crippen LogP contribution in [0.2, 0.25) is 5.02 Å². The van der Waals surface area contributed by atoms with Gasteiger partial charge in [-0.1, -0.05) is 30.7 Å². The summed E-state index contributed by atoms with van der Waals surface area (Å²) >= 11 is 5.86. The first-order valence-corrected chi connectivity index (χ1v) is 8.59. The Labute approximate surface area is 147 Å². The van der Waals surface area contributed by atoms with E-state index in [4.69, 9.17) is 11.6 Å². The molecule has 126 valence electrons. The summed E-state index contributed by atoms with van der Waals surface area (Å²) in [5.41, 5.74) is 1.39. The highest BCUT2D eigenvalue weighted by Gasteiger charge is 2.19. The molecule has 0 bridgehead atoms. The van der Waals surface area contributed by atoms with Gasteiger partial charge in [-0.3, -0.25) is 4.79 Å². The molecular weight excluding hydrogens is 324 g/mol. The Bertz CT molecular complexity index is 704. The Morgan fingerprint density at radius 2 is 2.12 bits per heavy atom. The first-order chi connectivity index (χ1) is 11.6. The predicted molar refractivity (Wildman–Crippen MR) is 95.3 cm³/mol. The number of piperidine rings is 1. The zero-order chi connectivity index (χ0) is 16.9. The van der Waals surface area contributed by atoms with Gasteiger partial charge in [0.15, 0.2) is 0 Å². The molecule has 0 aliphatic carbocycles. The quantitative estimate of drug-likeness (QED) is 0.924. The van der Waals surface area contributed by atoms with Gasteiger partial charge in [0.25, 0.3) is 5.91 Å². The SMILES string of the molecule is CC1CCCN(c2cc(C(=O)NCc3ccc(Cl)cc3)ncn2)C1. The van der Waals surface area contributed by atoms with Crippen LogP contribution < -0.4 is 10.2 Å². The summed E-state index contributed by atoms with van der Waals surface area (Å²) in [7, 11) is 0. The largest absolute Gasteiger partial charge is 0.356 e. The van der Waals surface area contributed by atoms with E-state index in [0.717, 1.165) is 30.9 Å². The maximum atomic E-state index is 12.3. The van der Waals surface area contributed by atoms with Crippen LogP contribution in [0.3, 0.4) is 0 Å². The molecule has 1 aliphatic rings. The normalized spacial score (nSPS) is 17.6. The van der Waals surface area contributed by atoms with Gasteiger partial charge in [0, 0.05) is 30.7 Å². The van der Waals surface area contributed by atoms with E-state index in [1.807, 2.05) is 24.3 Å². The van der Waals surface area contributed by atoms with Gasteiger partial charge in [-0.25, -0.2) is 9.97 Å². The fourth-order valence-electron chi connectivity index (χ4n) is 2.92. The molecule has 2 aromatic rings. The van der Waals surface area contributed by atoms with Crippen LogP contribution in [0.15, 0.2) is 36.7 Å². The van der Waals surface area contributed by atoms with E-state index in [0.29, 0.717) is 23.2 Å².